The van der Waals surface area contributed by atoms with Crippen LogP contribution in [0.4, 0.5) is 5.69 Å². The molecule has 214 valence electrons. The van der Waals surface area contributed by atoms with Crippen LogP contribution in [0.1, 0.15) is 57.9 Å². The Bertz CT molecular complexity index is 1200. The summed E-state index contributed by atoms with van der Waals surface area (Å²) in [6.07, 6.45) is 3.92. The van der Waals surface area contributed by atoms with Gasteiger partial charge in [-0.25, -0.2) is 8.42 Å². The lowest BCUT2D eigenvalue weighted by Gasteiger charge is -2.35. The van der Waals surface area contributed by atoms with Gasteiger partial charge in [0.25, 0.3) is 0 Å². The van der Waals surface area contributed by atoms with Crippen LogP contribution < -0.4 is 20.7 Å². The van der Waals surface area contributed by atoms with Crippen LogP contribution in [-0.4, -0.2) is 79.7 Å². The Kier molecular flexibility index (Phi) is 9.70. The lowest BCUT2D eigenvalue weighted by Crippen LogP contribution is -2.65. The minimum absolute atomic E-state index is 0.0939. The van der Waals surface area contributed by atoms with E-state index in [1.165, 1.54) is 4.90 Å². The number of sulfonamides is 1. The third-order valence-corrected chi connectivity index (χ3v) is 7.80. The van der Waals surface area contributed by atoms with Crippen molar-refractivity contribution in [1.82, 2.24) is 20.9 Å². The number of nitrogens with one attached hydrogen (secondary N) is 4. The maximum absolute atomic E-state index is 13.8. The highest BCUT2D eigenvalue weighted by Gasteiger charge is 2.43. The monoisotopic (exact) mass is 563 g/mol. The largest absolute Gasteiger partial charge is 0.343 e. The molecular formula is C26H37N5O7S. The third-order valence-electron chi connectivity index (χ3n) is 7.19. The number of anilines is 1. The molecule has 39 heavy (non-hydrogen) atoms. The SMILES string of the molecule is CC[C@]1(C)NC(=O)[C@H](CCCC=O)NC(=O)[C@H]2CCCN2C(=O)[C@H](Cc2ccc(NS(C)(=O)=O)cc2)NC1=O. The second kappa shape index (κ2) is 12.6. The van der Waals surface area contributed by atoms with Gasteiger partial charge in [0.05, 0.1) is 6.26 Å². The normalized spacial score (nSPS) is 26.4. The Hall–Kier alpha value is -3.48. The topological polar surface area (TPSA) is 171 Å². The molecule has 2 saturated heterocycles. The predicted octanol–water partition coefficient (Wildman–Crippen LogP) is 0.229. The first-order valence-electron chi connectivity index (χ1n) is 13.1. The van der Waals surface area contributed by atoms with Gasteiger partial charge in [0.1, 0.15) is 30.0 Å². The third kappa shape index (κ3) is 7.78. The van der Waals surface area contributed by atoms with Crippen LogP contribution in [0.2, 0.25) is 0 Å². The zero-order chi connectivity index (χ0) is 28.8. The number of carbonyl (C=O) groups excluding carboxylic acids is 5. The molecule has 3 rings (SSSR count). The molecule has 0 radical (unpaired) electrons. The Labute approximate surface area is 228 Å². The minimum atomic E-state index is -3.46. The van der Waals surface area contributed by atoms with E-state index in [0.29, 0.717) is 37.1 Å². The van der Waals surface area contributed by atoms with E-state index < -0.39 is 57.3 Å². The number of fused-ring (bicyclic) bond motifs is 1. The Morgan fingerprint density at radius 2 is 1.77 bits per heavy atom. The first-order valence-corrected chi connectivity index (χ1v) is 15.0. The molecule has 0 aromatic heterocycles. The second-order valence-electron chi connectivity index (χ2n) is 10.3. The molecule has 2 fully saturated rings. The molecule has 0 unspecified atom stereocenters. The van der Waals surface area contributed by atoms with Gasteiger partial charge in [-0.1, -0.05) is 19.1 Å². The molecular weight excluding hydrogens is 526 g/mol. The van der Waals surface area contributed by atoms with Crippen molar-refractivity contribution in [2.45, 2.75) is 82.5 Å². The van der Waals surface area contributed by atoms with Crippen molar-refractivity contribution >= 4 is 45.6 Å². The summed E-state index contributed by atoms with van der Waals surface area (Å²) in [5.74, 6) is -1.94. The molecule has 0 bridgehead atoms. The summed E-state index contributed by atoms with van der Waals surface area (Å²) in [5, 5.41) is 8.31. The predicted molar refractivity (Wildman–Crippen MR) is 144 cm³/mol. The molecule has 2 aliphatic heterocycles. The number of hydrogen-bond donors (Lipinski definition) is 4. The van der Waals surface area contributed by atoms with E-state index in [0.717, 1.165) is 12.5 Å². The first-order chi connectivity index (χ1) is 18.4. The van der Waals surface area contributed by atoms with Gasteiger partial charge in [0.2, 0.25) is 33.7 Å². The lowest BCUT2D eigenvalue weighted by molar-refractivity contribution is -0.144. The number of nitrogens with zero attached hydrogens (tertiary/aromatic N) is 1. The molecule has 2 aliphatic rings. The van der Waals surface area contributed by atoms with E-state index in [1.54, 1.807) is 38.1 Å². The summed E-state index contributed by atoms with van der Waals surface area (Å²) in [6, 6.07) is 3.66. The number of aldehydes is 1. The summed E-state index contributed by atoms with van der Waals surface area (Å²) in [4.78, 5) is 66.0. The molecule has 12 nitrogen and oxygen atoms in total. The molecule has 1 aromatic carbocycles. The van der Waals surface area contributed by atoms with Crippen LogP contribution in [0, 0.1) is 0 Å². The Morgan fingerprint density at radius 3 is 2.38 bits per heavy atom. The average Bonchev–Trinajstić information content (AvgIpc) is 3.37. The number of carbonyl (C=O) groups is 5. The van der Waals surface area contributed by atoms with Gasteiger partial charge in [-0.3, -0.25) is 23.9 Å². The summed E-state index contributed by atoms with van der Waals surface area (Å²) in [7, 11) is -3.46. The molecule has 4 N–H and O–H groups in total. The number of unbranched alkanes of at least 4 members (excludes halogenated alkanes) is 1. The van der Waals surface area contributed by atoms with Gasteiger partial charge < -0.3 is 25.6 Å². The standard InChI is InChI=1S/C26H37N5O7S/c1-4-26(2)25(36)28-20(16-17-10-12-18(13-11-17)30-39(3,37)38)24(35)31-14-7-9-21(31)23(34)27-19(22(33)29-26)8-5-6-15-32/h10-13,15,19-21,30H,4-9,14,16H2,1-3H3,(H,27,34)(H,28,36)(H,29,33)/t19-,20-,21+,26-/m0/s1. The minimum Gasteiger partial charge on any atom is -0.343 e. The molecule has 0 aliphatic carbocycles. The van der Waals surface area contributed by atoms with E-state index in [1.807, 2.05) is 0 Å². The van der Waals surface area contributed by atoms with Crippen molar-refractivity contribution < 1.29 is 32.4 Å². The van der Waals surface area contributed by atoms with Crippen molar-refractivity contribution in [1.29, 1.82) is 0 Å². The molecule has 0 saturated carbocycles. The van der Waals surface area contributed by atoms with Crippen LogP contribution in [0.15, 0.2) is 24.3 Å². The highest BCUT2D eigenvalue weighted by molar-refractivity contribution is 7.92. The lowest BCUT2D eigenvalue weighted by atomic mass is 9.94. The number of rotatable bonds is 9. The van der Waals surface area contributed by atoms with Gasteiger partial charge in [-0.15, -0.1) is 0 Å². The fourth-order valence-corrected chi connectivity index (χ4v) is 5.35. The van der Waals surface area contributed by atoms with E-state index in [9.17, 15) is 32.4 Å². The molecule has 0 spiro atoms. The van der Waals surface area contributed by atoms with Gasteiger partial charge in [0.15, 0.2) is 0 Å². The van der Waals surface area contributed by atoms with Crippen molar-refractivity contribution in [2.24, 2.45) is 0 Å². The van der Waals surface area contributed by atoms with Crippen LogP contribution in [-0.2, 0) is 40.4 Å². The highest BCUT2D eigenvalue weighted by atomic mass is 32.2. The molecule has 13 heteroatoms. The van der Waals surface area contributed by atoms with E-state index >= 15 is 0 Å². The molecule has 4 amide bonds. The summed E-state index contributed by atoms with van der Waals surface area (Å²) < 4.78 is 25.4. The number of hydrogen-bond acceptors (Lipinski definition) is 7. The molecule has 4 atom stereocenters. The summed E-state index contributed by atoms with van der Waals surface area (Å²) in [6.45, 7) is 3.61. The zero-order valence-electron chi connectivity index (χ0n) is 22.5. The quantitative estimate of drug-likeness (QED) is 0.246. The zero-order valence-corrected chi connectivity index (χ0v) is 23.3. The van der Waals surface area contributed by atoms with Crippen LogP contribution in [0.5, 0.6) is 0 Å². The van der Waals surface area contributed by atoms with Gasteiger partial charge in [-0.05, 0) is 56.7 Å². The van der Waals surface area contributed by atoms with Crippen molar-refractivity contribution in [3.63, 3.8) is 0 Å². The second-order valence-corrected chi connectivity index (χ2v) is 12.1. The van der Waals surface area contributed by atoms with E-state index in [4.69, 9.17) is 0 Å². The van der Waals surface area contributed by atoms with Crippen LogP contribution in [0.3, 0.4) is 0 Å². The highest BCUT2D eigenvalue weighted by Crippen LogP contribution is 2.22. The summed E-state index contributed by atoms with van der Waals surface area (Å²) in [5.41, 5.74) is -0.344. The van der Waals surface area contributed by atoms with Gasteiger partial charge in [-0.2, -0.15) is 0 Å². The maximum Gasteiger partial charge on any atom is 0.246 e. The van der Waals surface area contributed by atoms with Gasteiger partial charge in [0, 0.05) is 25.1 Å². The van der Waals surface area contributed by atoms with E-state index in [-0.39, 0.29) is 25.7 Å². The first kappa shape index (κ1) is 30.1. The molecule has 1 aromatic rings. The van der Waals surface area contributed by atoms with Crippen molar-refractivity contribution in [3.05, 3.63) is 29.8 Å². The van der Waals surface area contributed by atoms with Crippen molar-refractivity contribution in [3.8, 4) is 0 Å². The van der Waals surface area contributed by atoms with Gasteiger partial charge >= 0.3 is 0 Å². The van der Waals surface area contributed by atoms with E-state index in [2.05, 4.69) is 20.7 Å². The number of benzene rings is 1. The summed E-state index contributed by atoms with van der Waals surface area (Å²) >= 11 is 0. The smallest absolute Gasteiger partial charge is 0.246 e. The number of amides is 4. The van der Waals surface area contributed by atoms with Crippen LogP contribution in [0.25, 0.3) is 0 Å². The fraction of sp³-hybridized carbons (Fsp3) is 0.577. The Morgan fingerprint density at radius 1 is 1.08 bits per heavy atom. The maximum atomic E-state index is 13.8. The van der Waals surface area contributed by atoms with Crippen LogP contribution >= 0.6 is 0 Å². The molecule has 2 heterocycles. The average molecular weight is 564 g/mol. The fourth-order valence-electron chi connectivity index (χ4n) is 4.79. The Balaban J connectivity index is 1.92. The van der Waals surface area contributed by atoms with Crippen molar-refractivity contribution in [2.75, 3.05) is 17.5 Å².